The summed E-state index contributed by atoms with van der Waals surface area (Å²) in [4.78, 5) is 0. The second-order valence-corrected chi connectivity index (χ2v) is 3.46. The number of hydrogen-bond acceptors (Lipinski definition) is 2. The molecule has 12 heavy (non-hydrogen) atoms. The molecular weight excluding hydrogens is 265 g/mol. The maximum Gasteiger partial charge on any atom is 0.0796 e. The smallest absolute Gasteiger partial charge is 0.0796 e. The summed E-state index contributed by atoms with van der Waals surface area (Å²) in [6.07, 6.45) is 3.50. The molecule has 0 saturated heterocycles. The second kappa shape index (κ2) is 3.22. The van der Waals surface area contributed by atoms with E-state index in [4.69, 9.17) is 0 Å². The third kappa shape index (κ3) is 1.34. The lowest BCUT2D eigenvalue weighted by atomic mass is 10.3. The Bertz CT molecular complexity index is 370. The highest BCUT2D eigenvalue weighted by Crippen LogP contribution is 2.14. The van der Waals surface area contributed by atoms with Gasteiger partial charge in [0.25, 0.3) is 0 Å². The largest absolute Gasteiger partial charge is 0.220 e. The number of hydrogen-bond donors (Lipinski definition) is 0. The Labute approximate surface area is 83.5 Å². The molecule has 3 nitrogen and oxygen atoms in total. The predicted molar refractivity (Wildman–Crippen MR) is 54.1 cm³/mol. The Morgan fingerprint density at radius 1 is 1.25 bits per heavy atom. The Kier molecular flexibility index (Phi) is 2.07. The standard InChI is InChI=1S/C8H6IN3/c9-7-3-1-2-4-8(7)12-6-5-10-11-12/h1-6H. The summed E-state index contributed by atoms with van der Waals surface area (Å²) in [6.45, 7) is 0. The molecule has 4 heteroatoms. The molecule has 0 aliphatic carbocycles. The molecule has 0 unspecified atom stereocenters. The van der Waals surface area contributed by atoms with Gasteiger partial charge in [0.15, 0.2) is 0 Å². The summed E-state index contributed by atoms with van der Waals surface area (Å²) < 4.78 is 2.92. The Morgan fingerprint density at radius 3 is 2.75 bits per heavy atom. The average Bonchev–Trinajstić information content (AvgIpc) is 2.57. The quantitative estimate of drug-likeness (QED) is 0.741. The van der Waals surface area contributed by atoms with E-state index in [9.17, 15) is 0 Å². The highest BCUT2D eigenvalue weighted by Gasteiger charge is 1.99. The monoisotopic (exact) mass is 271 g/mol. The molecule has 0 amide bonds. The van der Waals surface area contributed by atoms with E-state index in [0.717, 1.165) is 5.69 Å². The third-order valence-corrected chi connectivity index (χ3v) is 2.43. The van der Waals surface area contributed by atoms with Gasteiger partial charge in [-0.05, 0) is 34.7 Å². The summed E-state index contributed by atoms with van der Waals surface area (Å²) in [5, 5.41) is 7.66. The van der Waals surface area contributed by atoms with Crippen molar-refractivity contribution < 1.29 is 0 Å². The zero-order valence-electron chi connectivity index (χ0n) is 6.18. The fourth-order valence-corrected chi connectivity index (χ4v) is 1.61. The fourth-order valence-electron chi connectivity index (χ4n) is 0.974. The molecule has 0 aliphatic rings. The van der Waals surface area contributed by atoms with E-state index in [-0.39, 0.29) is 0 Å². The van der Waals surface area contributed by atoms with E-state index < -0.39 is 0 Å². The van der Waals surface area contributed by atoms with Crippen molar-refractivity contribution in [3.63, 3.8) is 0 Å². The fraction of sp³-hybridized carbons (Fsp3) is 0. The highest BCUT2D eigenvalue weighted by atomic mass is 127. The SMILES string of the molecule is Ic1ccccc1-n1ccnn1. The van der Waals surface area contributed by atoms with E-state index in [2.05, 4.69) is 32.9 Å². The number of halogens is 1. The van der Waals surface area contributed by atoms with Crippen molar-refractivity contribution >= 4 is 22.6 Å². The van der Waals surface area contributed by atoms with Crippen LogP contribution in [0.2, 0.25) is 0 Å². The van der Waals surface area contributed by atoms with Gasteiger partial charge in [0.1, 0.15) is 0 Å². The molecule has 2 rings (SSSR count). The van der Waals surface area contributed by atoms with Gasteiger partial charge in [-0.1, -0.05) is 17.3 Å². The first-order valence-corrected chi connectivity index (χ1v) is 4.57. The van der Waals surface area contributed by atoms with E-state index in [1.54, 1.807) is 10.9 Å². The first kappa shape index (κ1) is 7.72. The van der Waals surface area contributed by atoms with Gasteiger partial charge in [-0.2, -0.15) is 0 Å². The molecule has 0 saturated carbocycles. The molecule has 0 spiro atoms. The summed E-state index contributed by atoms with van der Waals surface area (Å²) in [5.74, 6) is 0. The van der Waals surface area contributed by atoms with Crippen LogP contribution in [0, 0.1) is 3.57 Å². The topological polar surface area (TPSA) is 30.7 Å². The van der Waals surface area contributed by atoms with Gasteiger partial charge in [-0.15, -0.1) is 5.10 Å². The van der Waals surface area contributed by atoms with Crippen LogP contribution in [0.5, 0.6) is 0 Å². The van der Waals surface area contributed by atoms with Gasteiger partial charge < -0.3 is 0 Å². The zero-order valence-corrected chi connectivity index (χ0v) is 8.34. The van der Waals surface area contributed by atoms with E-state index in [1.165, 1.54) is 3.57 Å². The van der Waals surface area contributed by atoms with Crippen LogP contribution in [0.25, 0.3) is 5.69 Å². The van der Waals surface area contributed by atoms with Gasteiger partial charge in [0, 0.05) is 3.57 Å². The number of nitrogens with zero attached hydrogens (tertiary/aromatic N) is 3. The molecule has 0 N–H and O–H groups in total. The maximum atomic E-state index is 3.91. The molecule has 60 valence electrons. The van der Waals surface area contributed by atoms with Crippen molar-refractivity contribution in [1.29, 1.82) is 0 Å². The van der Waals surface area contributed by atoms with Crippen LogP contribution in [0.1, 0.15) is 0 Å². The van der Waals surface area contributed by atoms with Crippen LogP contribution in [0.15, 0.2) is 36.7 Å². The summed E-state index contributed by atoms with van der Waals surface area (Å²) in [7, 11) is 0. The van der Waals surface area contributed by atoms with Crippen molar-refractivity contribution in [3.05, 3.63) is 40.2 Å². The minimum absolute atomic E-state index is 1.07. The average molecular weight is 271 g/mol. The van der Waals surface area contributed by atoms with Crippen molar-refractivity contribution in [2.24, 2.45) is 0 Å². The molecule has 1 aromatic carbocycles. The van der Waals surface area contributed by atoms with Crippen molar-refractivity contribution in [2.75, 3.05) is 0 Å². The molecule has 0 atom stereocenters. The minimum atomic E-state index is 1.07. The van der Waals surface area contributed by atoms with Crippen LogP contribution in [0.3, 0.4) is 0 Å². The van der Waals surface area contributed by atoms with Gasteiger partial charge in [0.05, 0.1) is 18.1 Å². The Morgan fingerprint density at radius 2 is 2.08 bits per heavy atom. The van der Waals surface area contributed by atoms with E-state index >= 15 is 0 Å². The van der Waals surface area contributed by atoms with Gasteiger partial charge in [-0.25, -0.2) is 4.68 Å². The predicted octanol–water partition coefficient (Wildman–Crippen LogP) is 1.87. The lowest BCUT2D eigenvalue weighted by Gasteiger charge is -2.01. The lowest BCUT2D eigenvalue weighted by molar-refractivity contribution is 0.800. The number of benzene rings is 1. The molecule has 1 heterocycles. The number of rotatable bonds is 1. The molecule has 0 radical (unpaired) electrons. The third-order valence-electron chi connectivity index (χ3n) is 1.52. The molecule has 0 fully saturated rings. The highest BCUT2D eigenvalue weighted by molar-refractivity contribution is 14.1. The van der Waals surface area contributed by atoms with Gasteiger partial charge >= 0.3 is 0 Å². The molecule has 1 aromatic heterocycles. The van der Waals surface area contributed by atoms with Crippen molar-refractivity contribution in [3.8, 4) is 5.69 Å². The van der Waals surface area contributed by atoms with Gasteiger partial charge in [-0.3, -0.25) is 0 Å². The molecule has 0 aliphatic heterocycles. The van der Waals surface area contributed by atoms with Crippen molar-refractivity contribution in [2.45, 2.75) is 0 Å². The summed E-state index contributed by atoms with van der Waals surface area (Å²) in [6, 6.07) is 8.04. The molecule has 2 aromatic rings. The molecular formula is C8H6IN3. The number of para-hydroxylation sites is 1. The number of aromatic nitrogens is 3. The Balaban J connectivity index is 2.55. The van der Waals surface area contributed by atoms with Crippen LogP contribution in [-0.2, 0) is 0 Å². The zero-order chi connectivity index (χ0) is 8.39. The van der Waals surface area contributed by atoms with E-state index in [0.29, 0.717) is 0 Å². The van der Waals surface area contributed by atoms with E-state index in [1.807, 2.05) is 30.5 Å². The van der Waals surface area contributed by atoms with Crippen LogP contribution in [0.4, 0.5) is 0 Å². The summed E-state index contributed by atoms with van der Waals surface area (Å²) >= 11 is 2.27. The van der Waals surface area contributed by atoms with Gasteiger partial charge in [0.2, 0.25) is 0 Å². The molecule has 0 bridgehead atoms. The first-order chi connectivity index (χ1) is 5.88. The second-order valence-electron chi connectivity index (χ2n) is 2.30. The maximum absolute atomic E-state index is 3.91. The van der Waals surface area contributed by atoms with Crippen LogP contribution >= 0.6 is 22.6 Å². The normalized spacial score (nSPS) is 10.1. The lowest BCUT2D eigenvalue weighted by Crippen LogP contribution is -1.96. The van der Waals surface area contributed by atoms with Crippen molar-refractivity contribution in [1.82, 2.24) is 15.0 Å². The Hall–Kier alpha value is -0.910. The summed E-state index contributed by atoms with van der Waals surface area (Å²) in [5.41, 5.74) is 1.07. The minimum Gasteiger partial charge on any atom is -0.220 e. The van der Waals surface area contributed by atoms with Crippen LogP contribution < -0.4 is 0 Å². The first-order valence-electron chi connectivity index (χ1n) is 3.49. The van der Waals surface area contributed by atoms with Crippen LogP contribution in [-0.4, -0.2) is 15.0 Å².